The zero-order valence-electron chi connectivity index (χ0n) is 11.2. The first-order valence-electron chi connectivity index (χ1n) is 6.80. The Kier molecular flexibility index (Phi) is 6.48. The van der Waals surface area contributed by atoms with E-state index in [2.05, 4.69) is 44.0 Å². The van der Waals surface area contributed by atoms with E-state index in [4.69, 9.17) is 6.42 Å². The van der Waals surface area contributed by atoms with E-state index in [1.54, 1.807) is 0 Å². The molecular weight excluding hydrogens is 204 g/mol. The zero-order chi connectivity index (χ0) is 12.5. The Morgan fingerprint density at radius 3 is 2.41 bits per heavy atom. The quantitative estimate of drug-likeness (QED) is 0.458. The van der Waals surface area contributed by atoms with Gasteiger partial charge in [-0.15, -0.1) is 12.3 Å². The van der Waals surface area contributed by atoms with Gasteiger partial charge in [0, 0.05) is 6.42 Å². The number of benzene rings is 1. The van der Waals surface area contributed by atoms with Crippen molar-refractivity contribution in [2.24, 2.45) is 0 Å². The first kappa shape index (κ1) is 13.8. The van der Waals surface area contributed by atoms with Crippen LogP contribution in [-0.2, 0) is 6.42 Å². The van der Waals surface area contributed by atoms with Crippen LogP contribution in [0.4, 0.5) is 0 Å². The molecule has 0 aliphatic carbocycles. The van der Waals surface area contributed by atoms with Crippen molar-refractivity contribution in [3.8, 4) is 12.3 Å². The number of aryl methyl sites for hydroxylation is 1. The first-order valence-corrected chi connectivity index (χ1v) is 6.80. The van der Waals surface area contributed by atoms with E-state index in [0.717, 1.165) is 6.42 Å². The van der Waals surface area contributed by atoms with Crippen LogP contribution in [0.2, 0.25) is 0 Å². The summed E-state index contributed by atoms with van der Waals surface area (Å²) in [6, 6.07) is 9.13. The highest BCUT2D eigenvalue weighted by atomic mass is 14.1. The van der Waals surface area contributed by atoms with Crippen molar-refractivity contribution in [3.63, 3.8) is 0 Å². The summed E-state index contributed by atoms with van der Waals surface area (Å²) in [5.41, 5.74) is 2.92. The number of unbranched alkanes of at least 4 members (excludes halogenated alkanes) is 3. The van der Waals surface area contributed by atoms with Gasteiger partial charge in [0.2, 0.25) is 0 Å². The monoisotopic (exact) mass is 228 g/mol. The van der Waals surface area contributed by atoms with Crippen LogP contribution in [0.25, 0.3) is 0 Å². The lowest BCUT2D eigenvalue weighted by Crippen LogP contribution is -1.92. The van der Waals surface area contributed by atoms with Crippen LogP contribution in [0.3, 0.4) is 0 Å². The summed E-state index contributed by atoms with van der Waals surface area (Å²) in [4.78, 5) is 0. The summed E-state index contributed by atoms with van der Waals surface area (Å²) in [7, 11) is 0. The topological polar surface area (TPSA) is 0 Å². The molecule has 92 valence electrons. The van der Waals surface area contributed by atoms with Gasteiger partial charge in [-0.25, -0.2) is 0 Å². The average molecular weight is 228 g/mol. The summed E-state index contributed by atoms with van der Waals surface area (Å²) >= 11 is 0. The van der Waals surface area contributed by atoms with Crippen LogP contribution in [0, 0.1) is 12.3 Å². The lowest BCUT2D eigenvalue weighted by molar-refractivity contribution is 0.691. The van der Waals surface area contributed by atoms with Crippen molar-refractivity contribution >= 4 is 0 Å². The fraction of sp³-hybridized carbons (Fsp3) is 0.529. The Hall–Kier alpha value is -1.22. The van der Waals surface area contributed by atoms with Crippen molar-refractivity contribution in [2.75, 3.05) is 0 Å². The second kappa shape index (κ2) is 7.96. The van der Waals surface area contributed by atoms with Crippen molar-refractivity contribution in [2.45, 2.75) is 58.3 Å². The molecule has 0 fully saturated rings. The molecule has 0 saturated heterocycles. The molecule has 0 nitrogen and oxygen atoms in total. The van der Waals surface area contributed by atoms with Gasteiger partial charge in [-0.05, 0) is 42.7 Å². The van der Waals surface area contributed by atoms with Gasteiger partial charge in [0.25, 0.3) is 0 Å². The molecule has 0 heteroatoms. The van der Waals surface area contributed by atoms with Crippen LogP contribution in [0.5, 0.6) is 0 Å². The Morgan fingerprint density at radius 1 is 1.12 bits per heavy atom. The fourth-order valence-electron chi connectivity index (χ4n) is 1.98. The molecule has 0 aliphatic heterocycles. The number of hydrogen-bond acceptors (Lipinski definition) is 0. The SMILES string of the molecule is C#CCCCCCc1ccc(C(C)CC)cc1. The molecule has 0 amide bonds. The first-order chi connectivity index (χ1) is 8.27. The summed E-state index contributed by atoms with van der Waals surface area (Å²) in [5, 5.41) is 0. The highest BCUT2D eigenvalue weighted by Crippen LogP contribution is 2.19. The molecule has 1 aromatic rings. The van der Waals surface area contributed by atoms with Gasteiger partial charge >= 0.3 is 0 Å². The minimum Gasteiger partial charge on any atom is -0.120 e. The van der Waals surface area contributed by atoms with Gasteiger partial charge in [-0.3, -0.25) is 0 Å². The van der Waals surface area contributed by atoms with E-state index in [9.17, 15) is 0 Å². The standard InChI is InChI=1S/C17H24/c1-4-6-7-8-9-10-16-11-13-17(14-12-16)15(3)5-2/h1,11-15H,5-10H2,2-3H3. The minimum atomic E-state index is 0.680. The minimum absolute atomic E-state index is 0.680. The van der Waals surface area contributed by atoms with Gasteiger partial charge < -0.3 is 0 Å². The van der Waals surface area contributed by atoms with E-state index in [1.165, 1.54) is 43.2 Å². The van der Waals surface area contributed by atoms with Crippen molar-refractivity contribution in [3.05, 3.63) is 35.4 Å². The van der Waals surface area contributed by atoms with Crippen molar-refractivity contribution < 1.29 is 0 Å². The van der Waals surface area contributed by atoms with E-state index in [-0.39, 0.29) is 0 Å². The molecule has 0 bridgehead atoms. The average Bonchev–Trinajstić information content (AvgIpc) is 2.38. The highest BCUT2D eigenvalue weighted by molar-refractivity contribution is 5.25. The maximum atomic E-state index is 5.23. The predicted molar refractivity (Wildman–Crippen MR) is 76.2 cm³/mol. The lowest BCUT2D eigenvalue weighted by atomic mass is 9.96. The van der Waals surface area contributed by atoms with Crippen molar-refractivity contribution in [1.82, 2.24) is 0 Å². The van der Waals surface area contributed by atoms with Gasteiger partial charge in [-0.2, -0.15) is 0 Å². The van der Waals surface area contributed by atoms with Gasteiger partial charge in [0.1, 0.15) is 0 Å². The third kappa shape index (κ3) is 5.09. The number of terminal acetylenes is 1. The van der Waals surface area contributed by atoms with Crippen LogP contribution in [-0.4, -0.2) is 0 Å². The predicted octanol–water partition coefficient (Wildman–Crippen LogP) is 4.94. The normalized spacial score (nSPS) is 12.1. The molecule has 17 heavy (non-hydrogen) atoms. The fourth-order valence-corrected chi connectivity index (χ4v) is 1.98. The van der Waals surface area contributed by atoms with E-state index < -0.39 is 0 Å². The molecule has 1 aromatic carbocycles. The van der Waals surface area contributed by atoms with Gasteiger partial charge in [0.05, 0.1) is 0 Å². The van der Waals surface area contributed by atoms with Crippen molar-refractivity contribution in [1.29, 1.82) is 0 Å². The Bertz CT molecular complexity index is 339. The van der Waals surface area contributed by atoms with Gasteiger partial charge in [-0.1, -0.05) is 44.5 Å². The molecule has 0 saturated carbocycles. The maximum Gasteiger partial charge on any atom is 0.00860 e. The molecular formula is C17H24. The third-order valence-electron chi connectivity index (χ3n) is 3.45. The highest BCUT2D eigenvalue weighted by Gasteiger charge is 2.02. The van der Waals surface area contributed by atoms with E-state index in [0.29, 0.717) is 5.92 Å². The Labute approximate surface area is 106 Å². The molecule has 1 rings (SSSR count). The molecule has 1 unspecified atom stereocenters. The summed E-state index contributed by atoms with van der Waals surface area (Å²) in [5.74, 6) is 3.37. The summed E-state index contributed by atoms with van der Waals surface area (Å²) in [6.45, 7) is 4.53. The molecule has 1 atom stereocenters. The molecule has 0 radical (unpaired) electrons. The Balaban J connectivity index is 2.33. The number of hydrogen-bond donors (Lipinski definition) is 0. The molecule has 0 heterocycles. The largest absolute Gasteiger partial charge is 0.120 e. The maximum absolute atomic E-state index is 5.23. The molecule has 0 aromatic heterocycles. The van der Waals surface area contributed by atoms with Crippen LogP contribution < -0.4 is 0 Å². The van der Waals surface area contributed by atoms with Crippen LogP contribution in [0.1, 0.15) is 63.0 Å². The molecule has 0 aliphatic rings. The van der Waals surface area contributed by atoms with E-state index in [1.807, 2.05) is 0 Å². The van der Waals surface area contributed by atoms with Crippen LogP contribution in [0.15, 0.2) is 24.3 Å². The van der Waals surface area contributed by atoms with Crippen LogP contribution >= 0.6 is 0 Å². The molecule has 0 N–H and O–H groups in total. The second-order valence-corrected chi connectivity index (χ2v) is 4.82. The lowest BCUT2D eigenvalue weighted by Gasteiger charge is -2.09. The Morgan fingerprint density at radius 2 is 1.82 bits per heavy atom. The summed E-state index contributed by atoms with van der Waals surface area (Å²) in [6.07, 6.45) is 12.2. The smallest absolute Gasteiger partial charge is 0.00860 e. The zero-order valence-corrected chi connectivity index (χ0v) is 11.2. The summed E-state index contributed by atoms with van der Waals surface area (Å²) < 4.78 is 0. The third-order valence-corrected chi connectivity index (χ3v) is 3.45. The number of rotatable bonds is 7. The van der Waals surface area contributed by atoms with Gasteiger partial charge in [0.15, 0.2) is 0 Å². The second-order valence-electron chi connectivity index (χ2n) is 4.82. The van der Waals surface area contributed by atoms with E-state index >= 15 is 0 Å². The molecule has 0 spiro atoms.